The smallest absolute Gasteiger partial charge is 0.173 e. The minimum absolute atomic E-state index is 0.0817. The average molecular weight is 340 g/mol. The maximum atomic E-state index is 5.66. The molecule has 0 aliphatic rings. The van der Waals surface area contributed by atoms with Crippen LogP contribution in [0.5, 0.6) is 5.75 Å². The van der Waals surface area contributed by atoms with E-state index in [0.717, 1.165) is 28.1 Å². The molecule has 0 saturated carbocycles. The van der Waals surface area contributed by atoms with Crippen LogP contribution in [0.2, 0.25) is 0 Å². The van der Waals surface area contributed by atoms with E-state index in [2.05, 4.69) is 26.3 Å². The number of aromatic nitrogens is 1. The summed E-state index contributed by atoms with van der Waals surface area (Å²) in [5, 5.41) is 0. The highest BCUT2D eigenvalue weighted by molar-refractivity contribution is 9.10. The number of hydrogen-bond donors (Lipinski definition) is 2. The standard InChI is InChI=1S/C14H18BrN3O2/c1-8-7-17-11(9(2)13(8)19-3)6-12(18-16)10-4-5-20-14(10)15/h4-5,7,12,18H,6,16H2,1-3H3. The minimum atomic E-state index is -0.0817. The second-order valence-corrected chi connectivity index (χ2v) is 5.34. The van der Waals surface area contributed by atoms with E-state index in [4.69, 9.17) is 15.0 Å². The van der Waals surface area contributed by atoms with E-state index < -0.39 is 0 Å². The molecule has 0 aromatic carbocycles. The lowest BCUT2D eigenvalue weighted by Gasteiger charge is -2.17. The van der Waals surface area contributed by atoms with Crippen LogP contribution in [-0.2, 0) is 6.42 Å². The third kappa shape index (κ3) is 2.87. The van der Waals surface area contributed by atoms with Crippen molar-refractivity contribution in [2.75, 3.05) is 7.11 Å². The molecule has 0 radical (unpaired) electrons. The van der Waals surface area contributed by atoms with Gasteiger partial charge in [-0.3, -0.25) is 16.3 Å². The molecular formula is C14H18BrN3O2. The summed E-state index contributed by atoms with van der Waals surface area (Å²) < 4.78 is 11.4. The molecule has 0 bridgehead atoms. The maximum Gasteiger partial charge on any atom is 0.173 e. The fourth-order valence-electron chi connectivity index (χ4n) is 2.28. The van der Waals surface area contributed by atoms with Crippen LogP contribution >= 0.6 is 15.9 Å². The molecule has 2 heterocycles. The molecule has 0 spiro atoms. The Kier molecular flexibility index (Phi) is 4.80. The molecule has 6 heteroatoms. The number of nitrogens with two attached hydrogens (primary N) is 1. The van der Waals surface area contributed by atoms with E-state index in [0.29, 0.717) is 11.1 Å². The lowest BCUT2D eigenvalue weighted by Crippen LogP contribution is -2.30. The summed E-state index contributed by atoms with van der Waals surface area (Å²) in [5.41, 5.74) is 6.77. The van der Waals surface area contributed by atoms with E-state index in [1.54, 1.807) is 13.4 Å². The van der Waals surface area contributed by atoms with Crippen molar-refractivity contribution in [3.8, 4) is 5.75 Å². The Hall–Kier alpha value is -1.37. The summed E-state index contributed by atoms with van der Waals surface area (Å²) >= 11 is 3.37. The van der Waals surface area contributed by atoms with Crippen LogP contribution in [0.25, 0.3) is 0 Å². The number of pyridine rings is 1. The molecule has 1 unspecified atom stereocenters. The average Bonchev–Trinajstić information content (AvgIpc) is 2.85. The van der Waals surface area contributed by atoms with E-state index in [-0.39, 0.29) is 6.04 Å². The Balaban J connectivity index is 2.31. The Morgan fingerprint density at radius 1 is 1.50 bits per heavy atom. The summed E-state index contributed by atoms with van der Waals surface area (Å²) in [6, 6.07) is 1.80. The molecule has 2 aromatic rings. The Bertz CT molecular complexity index is 598. The van der Waals surface area contributed by atoms with Gasteiger partial charge in [-0.2, -0.15) is 0 Å². The van der Waals surface area contributed by atoms with Gasteiger partial charge in [0.1, 0.15) is 5.75 Å². The molecule has 2 rings (SSSR count). The normalized spacial score (nSPS) is 12.4. The third-order valence-corrected chi connectivity index (χ3v) is 4.01. The number of nitrogens with zero attached hydrogens (tertiary/aromatic N) is 1. The first-order valence-electron chi connectivity index (χ1n) is 6.26. The van der Waals surface area contributed by atoms with Crippen LogP contribution < -0.4 is 16.0 Å². The lowest BCUT2D eigenvalue weighted by atomic mass is 10.0. The number of rotatable bonds is 5. The molecule has 108 valence electrons. The van der Waals surface area contributed by atoms with Gasteiger partial charge in [-0.25, -0.2) is 0 Å². The first-order valence-corrected chi connectivity index (χ1v) is 7.05. The SMILES string of the molecule is COc1c(C)cnc(CC(NN)c2ccoc2Br)c1C. The van der Waals surface area contributed by atoms with Gasteiger partial charge < -0.3 is 9.15 Å². The van der Waals surface area contributed by atoms with Gasteiger partial charge in [0.2, 0.25) is 0 Å². The molecule has 0 aliphatic heterocycles. The van der Waals surface area contributed by atoms with E-state index >= 15 is 0 Å². The van der Waals surface area contributed by atoms with Gasteiger partial charge in [0.25, 0.3) is 0 Å². The van der Waals surface area contributed by atoms with Crippen molar-refractivity contribution in [1.82, 2.24) is 10.4 Å². The molecule has 0 saturated heterocycles. The predicted molar refractivity (Wildman–Crippen MR) is 80.4 cm³/mol. The zero-order valence-corrected chi connectivity index (χ0v) is 13.3. The van der Waals surface area contributed by atoms with Crippen molar-refractivity contribution < 1.29 is 9.15 Å². The number of hydrogen-bond acceptors (Lipinski definition) is 5. The monoisotopic (exact) mass is 339 g/mol. The predicted octanol–water partition coefficient (Wildman–Crippen LogP) is 2.81. The zero-order chi connectivity index (χ0) is 14.7. The van der Waals surface area contributed by atoms with Crippen molar-refractivity contribution in [1.29, 1.82) is 0 Å². The second-order valence-electron chi connectivity index (χ2n) is 4.62. The van der Waals surface area contributed by atoms with Gasteiger partial charge in [0.15, 0.2) is 4.67 Å². The van der Waals surface area contributed by atoms with E-state index in [1.165, 1.54) is 0 Å². The number of halogens is 1. The van der Waals surface area contributed by atoms with Crippen molar-refractivity contribution in [2.24, 2.45) is 5.84 Å². The van der Waals surface area contributed by atoms with Gasteiger partial charge >= 0.3 is 0 Å². The highest BCUT2D eigenvalue weighted by Crippen LogP contribution is 2.30. The molecule has 2 aromatic heterocycles. The third-order valence-electron chi connectivity index (χ3n) is 3.37. The summed E-state index contributed by atoms with van der Waals surface area (Å²) in [6.07, 6.45) is 4.09. The number of ether oxygens (including phenoxy) is 1. The number of aryl methyl sites for hydroxylation is 1. The van der Waals surface area contributed by atoms with Gasteiger partial charge in [0, 0.05) is 35.0 Å². The Labute approximate surface area is 126 Å². The topological polar surface area (TPSA) is 73.3 Å². The van der Waals surface area contributed by atoms with Gasteiger partial charge in [-0.1, -0.05) is 0 Å². The van der Waals surface area contributed by atoms with Gasteiger partial charge in [-0.15, -0.1) is 0 Å². The quantitative estimate of drug-likeness (QED) is 0.647. The molecule has 0 amide bonds. The molecular weight excluding hydrogens is 322 g/mol. The molecule has 20 heavy (non-hydrogen) atoms. The van der Waals surface area contributed by atoms with Gasteiger partial charge in [-0.05, 0) is 35.8 Å². The Morgan fingerprint density at radius 2 is 2.25 bits per heavy atom. The first-order chi connectivity index (χ1) is 9.58. The van der Waals surface area contributed by atoms with E-state index in [1.807, 2.05) is 26.1 Å². The summed E-state index contributed by atoms with van der Waals surface area (Å²) in [7, 11) is 1.67. The minimum Gasteiger partial charge on any atom is -0.496 e. The van der Waals surface area contributed by atoms with Crippen LogP contribution in [0.1, 0.15) is 28.4 Å². The highest BCUT2D eigenvalue weighted by atomic mass is 79.9. The molecule has 0 aliphatic carbocycles. The van der Waals surface area contributed by atoms with Crippen molar-refractivity contribution >= 4 is 15.9 Å². The number of nitrogens with one attached hydrogen (secondary N) is 1. The molecule has 0 fully saturated rings. The maximum absolute atomic E-state index is 5.66. The summed E-state index contributed by atoms with van der Waals surface area (Å²) in [4.78, 5) is 4.49. The largest absolute Gasteiger partial charge is 0.496 e. The van der Waals surface area contributed by atoms with Crippen LogP contribution in [-0.4, -0.2) is 12.1 Å². The Morgan fingerprint density at radius 3 is 2.80 bits per heavy atom. The number of methoxy groups -OCH3 is 1. The second kappa shape index (κ2) is 6.39. The molecule has 1 atom stereocenters. The lowest BCUT2D eigenvalue weighted by molar-refractivity contribution is 0.406. The summed E-state index contributed by atoms with van der Waals surface area (Å²) in [5.74, 6) is 6.53. The molecule has 5 nitrogen and oxygen atoms in total. The van der Waals surface area contributed by atoms with Gasteiger partial charge in [0.05, 0.1) is 19.4 Å². The van der Waals surface area contributed by atoms with Crippen LogP contribution in [0.3, 0.4) is 0 Å². The fraction of sp³-hybridized carbons (Fsp3) is 0.357. The highest BCUT2D eigenvalue weighted by Gasteiger charge is 2.19. The fourth-order valence-corrected chi connectivity index (χ4v) is 2.80. The first kappa shape index (κ1) is 15.0. The van der Waals surface area contributed by atoms with E-state index in [9.17, 15) is 0 Å². The van der Waals surface area contributed by atoms with Crippen molar-refractivity contribution in [2.45, 2.75) is 26.3 Å². The summed E-state index contributed by atoms with van der Waals surface area (Å²) in [6.45, 7) is 3.99. The number of furan rings is 1. The van der Waals surface area contributed by atoms with Crippen molar-refractivity contribution in [3.05, 3.63) is 45.6 Å². The van der Waals surface area contributed by atoms with Crippen LogP contribution in [0.4, 0.5) is 0 Å². The molecule has 3 N–H and O–H groups in total. The zero-order valence-electron chi connectivity index (χ0n) is 11.7. The van der Waals surface area contributed by atoms with Crippen molar-refractivity contribution in [3.63, 3.8) is 0 Å². The van der Waals surface area contributed by atoms with Crippen LogP contribution in [0.15, 0.2) is 27.6 Å². The number of hydrazine groups is 1. The van der Waals surface area contributed by atoms with Crippen LogP contribution in [0, 0.1) is 13.8 Å².